The molecule has 0 aliphatic heterocycles. The Morgan fingerprint density at radius 3 is 2.18 bits per heavy atom. The number of nitrogens with one attached hydrogen (secondary N) is 4. The number of carbonyl (C=O) groups excluding carboxylic acids is 2. The zero-order chi connectivity index (χ0) is 41.6. The molecule has 10 rings (SSSR count). The maximum Gasteiger partial charge on any atom is 0.230 e. The number of aromatic nitrogens is 10. The Morgan fingerprint density at radius 2 is 1.51 bits per heavy atom. The van der Waals surface area contributed by atoms with Crippen molar-refractivity contribution in [3.8, 4) is 50.8 Å². The third-order valence-electron chi connectivity index (χ3n) is 10.9. The molecule has 2 saturated carbocycles. The Hall–Kier alpha value is -8.46. The molecule has 0 saturated heterocycles. The molecule has 18 nitrogen and oxygen atoms in total. The summed E-state index contributed by atoms with van der Waals surface area (Å²) >= 11 is 0. The highest BCUT2D eigenvalue weighted by Gasteiger charge is 2.43. The Kier molecular flexibility index (Phi) is 9.09. The highest BCUT2D eigenvalue weighted by molar-refractivity contribution is 6.01. The van der Waals surface area contributed by atoms with Gasteiger partial charge in [-0.1, -0.05) is 0 Å². The van der Waals surface area contributed by atoms with Crippen LogP contribution < -0.4 is 21.8 Å². The van der Waals surface area contributed by atoms with Crippen LogP contribution in [0.15, 0.2) is 103 Å². The molecule has 6 N–H and O–H groups in total. The molecule has 0 radical (unpaired) electrons. The number of pyridine rings is 6. The molecule has 8 heterocycles. The van der Waals surface area contributed by atoms with Gasteiger partial charge < -0.3 is 21.4 Å². The largest absolute Gasteiger partial charge is 0.383 e. The summed E-state index contributed by atoms with van der Waals surface area (Å²) in [6.07, 6.45) is 20.3. The van der Waals surface area contributed by atoms with E-state index in [9.17, 15) is 9.59 Å². The lowest BCUT2D eigenvalue weighted by molar-refractivity contribution is -0.118. The number of aliphatic imine (C=N–C) groups is 1. The molecule has 18 heteroatoms. The van der Waals surface area contributed by atoms with Crippen molar-refractivity contribution in [1.82, 2.24) is 50.0 Å². The van der Waals surface area contributed by atoms with Crippen LogP contribution >= 0.6 is 0 Å². The van der Waals surface area contributed by atoms with Crippen molar-refractivity contribution in [3.63, 3.8) is 0 Å². The summed E-state index contributed by atoms with van der Waals surface area (Å²) in [6, 6.07) is 13.3. The second-order valence-electron chi connectivity index (χ2n) is 14.9. The molecule has 1 unspecified atom stereocenters. The van der Waals surface area contributed by atoms with E-state index in [0.717, 1.165) is 39.6 Å². The fourth-order valence-electron chi connectivity index (χ4n) is 7.49. The van der Waals surface area contributed by atoms with Gasteiger partial charge in [0.05, 0.1) is 47.9 Å². The van der Waals surface area contributed by atoms with Crippen LogP contribution in [0.25, 0.3) is 66.3 Å². The number of nitrogens with zero attached hydrogens (tertiary/aromatic N) is 11. The van der Waals surface area contributed by atoms with E-state index in [4.69, 9.17) is 21.0 Å². The number of nitrogens with two attached hydrogens (primary N) is 1. The molecule has 2 aliphatic carbocycles. The number of anilines is 4. The summed E-state index contributed by atoms with van der Waals surface area (Å²) in [7, 11) is 1.71. The van der Waals surface area contributed by atoms with Crippen molar-refractivity contribution in [3.05, 3.63) is 98.4 Å². The number of hydrogen-bond donors (Lipinski definition) is 5. The zero-order valence-electron chi connectivity index (χ0n) is 32.4. The van der Waals surface area contributed by atoms with Crippen LogP contribution in [0.1, 0.15) is 12.8 Å². The van der Waals surface area contributed by atoms with E-state index in [0.29, 0.717) is 57.0 Å². The number of carbonyl (C=O) groups is 2. The van der Waals surface area contributed by atoms with Gasteiger partial charge in [-0.2, -0.15) is 20.3 Å². The van der Waals surface area contributed by atoms with Crippen LogP contribution in [0.3, 0.4) is 0 Å². The quantitative estimate of drug-likeness (QED) is 0.0973. The molecule has 2 fully saturated rings. The van der Waals surface area contributed by atoms with Crippen LogP contribution in [0.2, 0.25) is 0 Å². The van der Waals surface area contributed by atoms with Gasteiger partial charge in [0.1, 0.15) is 17.5 Å². The Balaban J connectivity index is 0.983. The van der Waals surface area contributed by atoms with Crippen molar-refractivity contribution in [2.45, 2.75) is 12.8 Å². The molecule has 0 aromatic carbocycles. The fraction of sp³-hybridized carbons (Fsp3) is 0.163. The molecule has 4 atom stereocenters. The fourth-order valence-corrected chi connectivity index (χ4v) is 7.49. The molecule has 0 spiro atoms. The molecule has 2 aliphatic rings. The number of hydrogen-bond acceptors (Lipinski definition) is 14. The summed E-state index contributed by atoms with van der Waals surface area (Å²) in [5.41, 5.74) is 15.7. The third-order valence-corrected chi connectivity index (χ3v) is 10.9. The van der Waals surface area contributed by atoms with Crippen LogP contribution in [0.4, 0.5) is 23.3 Å². The summed E-state index contributed by atoms with van der Waals surface area (Å²) in [5.74, 6) is 0.543. The van der Waals surface area contributed by atoms with E-state index in [1.165, 1.54) is 0 Å². The average Bonchev–Trinajstić information content (AvgIpc) is 4.11. The van der Waals surface area contributed by atoms with Gasteiger partial charge in [-0.15, -0.1) is 0 Å². The van der Waals surface area contributed by atoms with Gasteiger partial charge in [0.2, 0.25) is 11.8 Å². The van der Waals surface area contributed by atoms with Crippen LogP contribution in [-0.4, -0.2) is 75.1 Å². The smallest absolute Gasteiger partial charge is 0.230 e. The molecule has 8 aromatic heterocycles. The molecule has 0 bridgehead atoms. The molecule has 2 amide bonds. The summed E-state index contributed by atoms with van der Waals surface area (Å²) in [4.78, 5) is 58.9. The first-order chi connectivity index (χ1) is 29.8. The number of H-pyrrole nitrogens is 1. The topological polar surface area (TPSA) is 256 Å². The highest BCUT2D eigenvalue weighted by atomic mass is 16.2. The first kappa shape index (κ1) is 36.9. The van der Waals surface area contributed by atoms with Crippen molar-refractivity contribution in [2.24, 2.45) is 28.7 Å². The number of fused-ring (bicyclic) bond motifs is 2. The minimum atomic E-state index is -0.334. The number of nitriles is 1. The molecular formula is C43H34N16O2. The summed E-state index contributed by atoms with van der Waals surface area (Å²) < 4.78 is 0. The van der Waals surface area contributed by atoms with Gasteiger partial charge in [0.15, 0.2) is 5.82 Å². The maximum atomic E-state index is 13.1. The molecule has 298 valence electrons. The van der Waals surface area contributed by atoms with Gasteiger partial charge in [-0.25, -0.2) is 19.9 Å². The van der Waals surface area contributed by atoms with Gasteiger partial charge in [-0.05, 0) is 71.1 Å². The van der Waals surface area contributed by atoms with Gasteiger partial charge in [-0.3, -0.25) is 30.1 Å². The van der Waals surface area contributed by atoms with Crippen molar-refractivity contribution < 1.29 is 9.59 Å². The zero-order valence-corrected chi connectivity index (χ0v) is 32.4. The molecular weight excluding hydrogens is 773 g/mol. The second-order valence-corrected chi connectivity index (χ2v) is 14.9. The minimum Gasteiger partial charge on any atom is -0.383 e. The van der Waals surface area contributed by atoms with E-state index >= 15 is 0 Å². The maximum absolute atomic E-state index is 13.1. The first-order valence-electron chi connectivity index (χ1n) is 19.3. The van der Waals surface area contributed by atoms with Gasteiger partial charge in [0.25, 0.3) is 0 Å². The Labute approximate surface area is 346 Å². The van der Waals surface area contributed by atoms with Gasteiger partial charge >= 0.3 is 0 Å². The van der Waals surface area contributed by atoms with E-state index in [2.05, 4.69) is 62.4 Å². The average molecular weight is 807 g/mol. The molecule has 8 aromatic rings. The monoisotopic (exact) mass is 806 g/mol. The van der Waals surface area contributed by atoms with Gasteiger partial charge in [0, 0.05) is 102 Å². The van der Waals surface area contributed by atoms with Crippen LogP contribution in [0, 0.1) is 35.0 Å². The SMILES string of the molecule is CN=C[C@H]1C[C@@H]1C(=O)Nc1cc2cc(-c3cnccc3-c3cn[nH]c3)nc(Nn3cc(-c4ccncc4-c4cc5cc(NC(=O)C6C[C@H]6C#N)ncc5c(N)n4)cn3)c2cn1. The predicted octanol–water partition coefficient (Wildman–Crippen LogP) is 5.78. The second kappa shape index (κ2) is 15.0. The minimum absolute atomic E-state index is 0.102. The first-order valence-corrected chi connectivity index (χ1v) is 19.3. The van der Waals surface area contributed by atoms with Crippen molar-refractivity contribution >= 4 is 62.8 Å². The summed E-state index contributed by atoms with van der Waals surface area (Å²) in [6.45, 7) is 0. The summed E-state index contributed by atoms with van der Waals surface area (Å²) in [5, 5.41) is 29.4. The van der Waals surface area contributed by atoms with Crippen LogP contribution in [0.5, 0.6) is 0 Å². The van der Waals surface area contributed by atoms with Crippen molar-refractivity contribution in [2.75, 3.05) is 28.8 Å². The number of amides is 2. The van der Waals surface area contributed by atoms with E-state index in [1.807, 2.05) is 48.9 Å². The highest BCUT2D eigenvalue weighted by Crippen LogP contribution is 2.40. The van der Waals surface area contributed by atoms with E-state index in [1.54, 1.807) is 67.5 Å². The normalized spacial score (nSPS) is 17.9. The molecule has 61 heavy (non-hydrogen) atoms. The lowest BCUT2D eigenvalue weighted by Gasteiger charge is -2.14. The van der Waals surface area contributed by atoms with Crippen molar-refractivity contribution in [1.29, 1.82) is 5.26 Å². The number of nitrogen functional groups attached to an aromatic ring is 1. The third kappa shape index (κ3) is 7.20. The number of rotatable bonds is 11. The van der Waals surface area contributed by atoms with E-state index < -0.39 is 0 Å². The lowest BCUT2D eigenvalue weighted by Crippen LogP contribution is -2.16. The number of aromatic amines is 1. The van der Waals surface area contributed by atoms with Crippen LogP contribution in [-0.2, 0) is 9.59 Å². The van der Waals surface area contributed by atoms with E-state index in [-0.39, 0.29) is 41.3 Å². The Morgan fingerprint density at radius 1 is 0.836 bits per heavy atom. The standard InChI is InChI=1S/C43H34N16O2/c1-46-13-25-7-31(25)43(61)57-39-11-23-9-37(34-17-47-4-2-28(34)26-14-51-52-15-26)55-41(33(23)20-50-39)58-59-21-27(16-53-59)29-3-5-48-18-35(29)36-8-22-10-38(49-19-32(22)40(45)54-36)56-42(60)30-6-24(30)12-44/h2-5,8-11,13-21,24-25,30-31H,6-7H2,1H3,(H2,45,54)(H,51,52)(H,55,58)(H,49,56,60)(H,50,57,61)/t24-,25+,30?,31-/m0/s1. The lowest BCUT2D eigenvalue weighted by atomic mass is 10.0. The predicted molar refractivity (Wildman–Crippen MR) is 228 cm³/mol. The Bertz CT molecular complexity index is 3100.